The average molecular weight is 591 g/mol. The third kappa shape index (κ3) is 7.96. The van der Waals surface area contributed by atoms with Crippen molar-refractivity contribution in [1.29, 1.82) is 5.26 Å². The van der Waals surface area contributed by atoms with Crippen LogP contribution < -0.4 is 15.0 Å². The van der Waals surface area contributed by atoms with Crippen molar-refractivity contribution >= 4 is 23.6 Å². The molecule has 0 bridgehead atoms. The van der Waals surface area contributed by atoms with Crippen LogP contribution in [0.3, 0.4) is 0 Å². The summed E-state index contributed by atoms with van der Waals surface area (Å²) >= 11 is 0. The van der Waals surface area contributed by atoms with E-state index in [0.29, 0.717) is 43.1 Å². The zero-order valence-corrected chi connectivity index (χ0v) is 26.0. The minimum Gasteiger partial charge on any atom is -0.491 e. The molecule has 2 aliphatic heterocycles. The lowest BCUT2D eigenvalue weighted by Gasteiger charge is -2.32. The number of nitrogens with zero attached hydrogens (tertiary/aromatic N) is 5. The molecule has 11 heteroatoms. The summed E-state index contributed by atoms with van der Waals surface area (Å²) in [6, 6.07) is 13.6. The highest BCUT2D eigenvalue weighted by molar-refractivity contribution is 5.87. The lowest BCUT2D eigenvalue weighted by molar-refractivity contribution is -0.145. The number of nitrogens with one attached hydrogen (secondary N) is 1. The van der Waals surface area contributed by atoms with Gasteiger partial charge in [-0.3, -0.25) is 14.6 Å². The minimum absolute atomic E-state index is 0.0997. The fourth-order valence-electron chi connectivity index (χ4n) is 5.19. The topological polar surface area (TPSA) is 118 Å². The van der Waals surface area contributed by atoms with Gasteiger partial charge in [0, 0.05) is 51.3 Å². The molecule has 1 N–H and O–H groups in total. The number of fused-ring (bicyclic) bond motifs is 2. The Morgan fingerprint density at radius 2 is 1.77 bits per heavy atom. The van der Waals surface area contributed by atoms with E-state index in [0.717, 1.165) is 5.56 Å². The molecular weight excluding hydrogens is 548 g/mol. The first kappa shape index (κ1) is 31.6. The molecular formula is C32H42N6O5. The highest BCUT2D eigenvalue weighted by Gasteiger charge is 2.30. The predicted octanol–water partition coefficient (Wildman–Crippen LogP) is 3.45. The van der Waals surface area contributed by atoms with Gasteiger partial charge in [0.2, 0.25) is 5.91 Å². The lowest BCUT2D eigenvalue weighted by Crippen LogP contribution is -2.49. The van der Waals surface area contributed by atoms with Crippen LogP contribution in [0.1, 0.15) is 56.9 Å². The third-order valence-electron chi connectivity index (χ3n) is 7.43. The van der Waals surface area contributed by atoms with E-state index in [4.69, 9.17) is 9.47 Å². The Morgan fingerprint density at radius 3 is 2.37 bits per heavy atom. The number of nitriles is 1. The number of anilines is 1. The number of likely N-dealkylation sites (N-methyl/N-ethyl adjacent to an activating group) is 1. The largest absolute Gasteiger partial charge is 0.491 e. The average Bonchev–Trinajstić information content (AvgIpc) is 3.59. The van der Waals surface area contributed by atoms with E-state index >= 15 is 0 Å². The second kappa shape index (κ2) is 13.3. The van der Waals surface area contributed by atoms with Crippen LogP contribution in [-0.4, -0.2) is 84.3 Å². The van der Waals surface area contributed by atoms with Gasteiger partial charge in [0.1, 0.15) is 11.4 Å². The number of hydrogen-bond acceptors (Lipinski definition) is 8. The number of ether oxygens (including phenoxy) is 2. The molecule has 230 valence electrons. The molecule has 3 amide bonds. The van der Waals surface area contributed by atoms with Crippen LogP contribution in [0.25, 0.3) is 0 Å². The van der Waals surface area contributed by atoms with Crippen LogP contribution in [0.5, 0.6) is 5.75 Å². The number of amides is 3. The quantitative estimate of drug-likeness (QED) is 0.447. The number of carbonyl (C=O) groups is 3. The van der Waals surface area contributed by atoms with Gasteiger partial charge in [0.15, 0.2) is 0 Å². The molecule has 2 aromatic rings. The van der Waals surface area contributed by atoms with Gasteiger partial charge >= 0.3 is 6.09 Å². The number of hydrazine groups is 1. The first-order valence-corrected chi connectivity index (χ1v) is 14.7. The van der Waals surface area contributed by atoms with Gasteiger partial charge in [-0.25, -0.2) is 9.80 Å². The molecule has 0 atom stereocenters. The number of benzene rings is 2. The highest BCUT2D eigenvalue weighted by Crippen LogP contribution is 2.37. The summed E-state index contributed by atoms with van der Waals surface area (Å²) in [7, 11) is 1.73. The Morgan fingerprint density at radius 1 is 1.09 bits per heavy atom. The normalized spacial score (nSPS) is 13.9. The molecule has 0 aliphatic carbocycles. The van der Waals surface area contributed by atoms with Crippen LogP contribution in [0.15, 0.2) is 36.4 Å². The maximum Gasteiger partial charge on any atom is 0.410 e. The van der Waals surface area contributed by atoms with Crippen molar-refractivity contribution in [2.75, 3.05) is 44.7 Å². The summed E-state index contributed by atoms with van der Waals surface area (Å²) in [5.74, 6) is 0.0587. The SMILES string of the molecule is CC(C)N(CCNC(=O)CN(CC(=O)N(C)N1Cc2ccccc2C1)c1cc(C#N)cc2c1OCC2)C(=O)OC(C)(C)C. The molecule has 2 aromatic carbocycles. The summed E-state index contributed by atoms with van der Waals surface area (Å²) in [6.45, 7) is 11.1. The third-order valence-corrected chi connectivity index (χ3v) is 7.43. The second-order valence-corrected chi connectivity index (χ2v) is 12.2. The van der Waals surface area contributed by atoms with Gasteiger partial charge in [-0.15, -0.1) is 0 Å². The molecule has 0 unspecified atom stereocenters. The van der Waals surface area contributed by atoms with Crippen LogP contribution in [-0.2, 0) is 33.8 Å². The molecule has 0 fully saturated rings. The zero-order chi connectivity index (χ0) is 31.3. The van der Waals surface area contributed by atoms with Crippen molar-refractivity contribution < 1.29 is 23.9 Å². The van der Waals surface area contributed by atoms with Crippen molar-refractivity contribution in [3.05, 3.63) is 58.7 Å². The molecule has 0 saturated carbocycles. The molecule has 0 spiro atoms. The van der Waals surface area contributed by atoms with E-state index < -0.39 is 11.7 Å². The molecule has 11 nitrogen and oxygen atoms in total. The van der Waals surface area contributed by atoms with Gasteiger partial charge in [0.05, 0.1) is 37.0 Å². The Balaban J connectivity index is 1.47. The van der Waals surface area contributed by atoms with E-state index in [1.165, 1.54) is 11.1 Å². The first-order chi connectivity index (χ1) is 20.4. The van der Waals surface area contributed by atoms with Gasteiger partial charge in [0.25, 0.3) is 5.91 Å². The Hall–Kier alpha value is -4.30. The maximum absolute atomic E-state index is 13.6. The Labute approximate surface area is 253 Å². The van der Waals surface area contributed by atoms with E-state index in [2.05, 4.69) is 23.5 Å². The molecule has 0 aromatic heterocycles. The predicted molar refractivity (Wildman–Crippen MR) is 162 cm³/mol. The summed E-state index contributed by atoms with van der Waals surface area (Å²) in [5, 5.41) is 16.1. The van der Waals surface area contributed by atoms with E-state index in [1.54, 1.807) is 34.0 Å². The van der Waals surface area contributed by atoms with E-state index in [-0.39, 0.29) is 44.0 Å². The van der Waals surface area contributed by atoms with Crippen molar-refractivity contribution in [1.82, 2.24) is 20.2 Å². The van der Waals surface area contributed by atoms with Crippen molar-refractivity contribution in [2.45, 2.75) is 65.8 Å². The van der Waals surface area contributed by atoms with Crippen molar-refractivity contribution in [3.63, 3.8) is 0 Å². The molecule has 4 rings (SSSR count). The molecule has 2 heterocycles. The maximum atomic E-state index is 13.6. The Kier molecular flexibility index (Phi) is 9.81. The Bertz CT molecular complexity index is 1370. The number of rotatable bonds is 10. The van der Waals surface area contributed by atoms with Crippen molar-refractivity contribution in [2.24, 2.45) is 0 Å². The second-order valence-electron chi connectivity index (χ2n) is 12.2. The van der Waals surface area contributed by atoms with Crippen LogP contribution in [0.2, 0.25) is 0 Å². The van der Waals surface area contributed by atoms with E-state index in [1.807, 2.05) is 51.8 Å². The van der Waals surface area contributed by atoms with Crippen LogP contribution in [0, 0.1) is 11.3 Å². The van der Waals surface area contributed by atoms with Gasteiger partial charge in [-0.2, -0.15) is 5.26 Å². The van der Waals surface area contributed by atoms with Gasteiger partial charge in [-0.1, -0.05) is 24.3 Å². The first-order valence-electron chi connectivity index (χ1n) is 14.7. The number of carbonyl (C=O) groups excluding carboxylic acids is 3. The minimum atomic E-state index is -0.633. The molecule has 0 saturated heterocycles. The van der Waals surface area contributed by atoms with Crippen LogP contribution >= 0.6 is 0 Å². The van der Waals surface area contributed by atoms with Crippen LogP contribution in [0.4, 0.5) is 10.5 Å². The monoisotopic (exact) mass is 590 g/mol. The lowest BCUT2D eigenvalue weighted by atomic mass is 10.1. The molecule has 2 aliphatic rings. The van der Waals surface area contributed by atoms with Gasteiger partial charge < -0.3 is 24.6 Å². The smallest absolute Gasteiger partial charge is 0.410 e. The fourth-order valence-corrected chi connectivity index (χ4v) is 5.19. The standard InChI is InChI=1S/C32H42N6O5/c1-22(2)38(31(41)43-32(3,4)5)13-12-34-28(39)20-36(27-16-23(17-33)15-24-11-14-42-30(24)27)21-29(40)35(6)37-18-25-9-7-8-10-26(25)19-37/h7-10,15-16,22H,11-14,18-21H2,1-6H3,(H,34,39). The number of hydrogen-bond donors (Lipinski definition) is 1. The summed E-state index contributed by atoms with van der Waals surface area (Å²) in [5.41, 5.74) is 3.56. The van der Waals surface area contributed by atoms with E-state index in [9.17, 15) is 19.6 Å². The molecule has 43 heavy (non-hydrogen) atoms. The summed E-state index contributed by atoms with van der Waals surface area (Å²) in [4.78, 5) is 42.8. The highest BCUT2D eigenvalue weighted by atomic mass is 16.6. The summed E-state index contributed by atoms with van der Waals surface area (Å²) < 4.78 is 11.4. The van der Waals surface area contributed by atoms with Crippen molar-refractivity contribution in [3.8, 4) is 11.8 Å². The molecule has 0 radical (unpaired) electrons. The summed E-state index contributed by atoms with van der Waals surface area (Å²) in [6.07, 6.45) is 0.199. The fraction of sp³-hybridized carbons (Fsp3) is 0.500. The zero-order valence-electron chi connectivity index (χ0n) is 26.0. The van der Waals surface area contributed by atoms with Gasteiger partial charge in [-0.05, 0) is 57.9 Å².